The van der Waals surface area contributed by atoms with Gasteiger partial charge in [-0.25, -0.2) is 0 Å². The average Bonchev–Trinajstić information content (AvgIpc) is 0.845. The van der Waals surface area contributed by atoms with E-state index in [9.17, 15) is 0 Å². The zero-order valence-corrected chi connectivity index (χ0v) is 92.0. The molecule has 1 N–H and O–H groups in total. The molecule has 0 bridgehead atoms. The van der Waals surface area contributed by atoms with E-state index in [1.807, 2.05) is 0 Å². The number of nitrogens with zero attached hydrogens (tertiary/aromatic N) is 1. The number of halogens is 4. The minimum atomic E-state index is -0.877. The molecular weight excluding hydrogens is 1940 g/mol. The Bertz CT molecular complexity index is 3590. The van der Waals surface area contributed by atoms with Crippen molar-refractivity contribution in [2.24, 2.45) is 0 Å². The molecule has 17 heteroatoms. The van der Waals surface area contributed by atoms with Gasteiger partial charge in [0, 0.05) is 42.1 Å². The molecule has 0 amide bonds. The van der Waals surface area contributed by atoms with Crippen LogP contribution in [0.3, 0.4) is 0 Å². The molecule has 12 aromatic carbocycles. The van der Waals surface area contributed by atoms with E-state index in [0.29, 0.717) is 0 Å². The number of benzene rings is 12. The van der Waals surface area contributed by atoms with Gasteiger partial charge in [0.1, 0.15) is 15.9 Å². The van der Waals surface area contributed by atoms with Gasteiger partial charge in [-0.2, -0.15) is 0 Å². The van der Waals surface area contributed by atoms with E-state index in [1.165, 1.54) is 127 Å². The fourth-order valence-electron chi connectivity index (χ4n) is 15.4. The van der Waals surface area contributed by atoms with Crippen molar-refractivity contribution in [3.05, 3.63) is 364 Å². The molecule has 1 fully saturated rings. The SMILES string of the molecule is C1CCOC1.CC(C)P(CCNCCP(C(C)C)C(C)C)C(C)C.CC(C)[PH+](CCN(C)CC[PH+](C(C)C)C(C)C)C(C)C.[Cl][Ru][Cl].[Cl][Ru][Cl].c1ccc(P(c2ccccc2)c2ccccc2)cc1.c1ccc(P(c2ccccc2)c2ccccc2)cc1.c1ccc(P(c2ccccc2)c2ccccc2)cc1.c1ccc([PH+](c2ccccc2)c2ccccc2)cc1. The summed E-state index contributed by atoms with van der Waals surface area (Å²) < 4.78 is 4.94. The quantitative estimate of drug-likeness (QED) is 0.0258. The summed E-state index contributed by atoms with van der Waals surface area (Å²) in [4.78, 5) is 2.60. The Morgan fingerprint density at radius 1 is 0.286 bits per heavy atom. The summed E-state index contributed by atoms with van der Waals surface area (Å²) in [5.74, 6) is 0. The fourth-order valence-corrected chi connectivity index (χ4v) is 36.4. The van der Waals surface area contributed by atoms with Crippen LogP contribution in [-0.4, -0.2) is 121 Å². The summed E-state index contributed by atoms with van der Waals surface area (Å²) in [5, 5.41) is 20.6. The first-order valence-electron chi connectivity index (χ1n) is 44.9. The molecule has 0 atom stereocenters. The Morgan fingerprint density at radius 2 is 0.452 bits per heavy atom. The molecule has 126 heavy (non-hydrogen) atoms. The van der Waals surface area contributed by atoms with Crippen molar-refractivity contribution in [1.29, 1.82) is 0 Å². The summed E-state index contributed by atoms with van der Waals surface area (Å²) in [6, 6.07) is 129. The van der Waals surface area contributed by atoms with Crippen LogP contribution in [0.4, 0.5) is 0 Å². The molecule has 0 aromatic heterocycles. The van der Waals surface area contributed by atoms with Crippen LogP contribution in [0, 0.1) is 0 Å². The molecule has 0 saturated carbocycles. The zero-order chi connectivity index (χ0) is 91.5. The van der Waals surface area contributed by atoms with Gasteiger partial charge in [0.15, 0.2) is 0 Å². The average molecular weight is 2090 g/mol. The minimum absolute atomic E-state index is 0.177. The number of hydrogen-bond donors (Lipinski definition) is 1. The second kappa shape index (κ2) is 69.2. The molecule has 0 spiro atoms. The molecule has 12 aromatic rings. The molecule has 13 rings (SSSR count). The standard InChI is InChI=1S/4C18H15P.C17H39NP2.C16H37NP2.C4H8O.4ClH.2Ru/c4*1-4-10-16(11-5-1)19(17-12-6-2-7-13-17)18-14-8-3-9-15-18;1-14(2)19(15(3)4)12-10-18(9)11-13-20(16(5)6)17(7)8;1-13(2)18(14(3)4)11-9-17-10-12-19(15(5)6)16(7)8;1-2-4-5-3-1;;;;;;/h4*1-15H;14-17H,10-13H2,1-9H3;13-17H,9-12H2,1-8H3;1-4H2;4*1H;;/q;;;;;;;;;;;2*+2/p-1. The first kappa shape index (κ1) is 113. The van der Waals surface area contributed by atoms with E-state index < -0.39 is 31.7 Å². The van der Waals surface area contributed by atoms with Crippen LogP contribution in [0.15, 0.2) is 364 Å². The van der Waals surface area contributed by atoms with Gasteiger partial charge in [0.2, 0.25) is 0 Å². The molecule has 680 valence electrons. The first-order valence-corrected chi connectivity index (χ1v) is 66.4. The monoisotopic (exact) mass is 2090 g/mol. The molecule has 1 heterocycles. The van der Waals surface area contributed by atoms with Crippen LogP contribution in [-0.2, 0) is 35.0 Å². The van der Waals surface area contributed by atoms with Gasteiger partial charge in [-0.05, 0) is 231 Å². The van der Waals surface area contributed by atoms with Crippen LogP contribution in [0.25, 0.3) is 0 Å². The van der Waals surface area contributed by atoms with Crippen LogP contribution < -0.4 is 69.0 Å². The van der Waals surface area contributed by atoms with Crippen LogP contribution in [0.5, 0.6) is 0 Å². The van der Waals surface area contributed by atoms with E-state index in [2.05, 4.69) is 492 Å². The minimum Gasteiger partial charge on any atom is -0.0622 e. The third-order valence-corrected chi connectivity index (χ3v) is 45.8. The summed E-state index contributed by atoms with van der Waals surface area (Å²) in [7, 11) is 19.6. The largest absolute Gasteiger partial charge is 0.102 e. The summed E-state index contributed by atoms with van der Waals surface area (Å²) in [6.07, 6.45) is 8.27. The Kier molecular flexibility index (Phi) is 62.0. The third kappa shape index (κ3) is 44.9. The van der Waals surface area contributed by atoms with Gasteiger partial charge in [0.25, 0.3) is 0 Å². The van der Waals surface area contributed by atoms with Crippen molar-refractivity contribution in [3.8, 4) is 0 Å². The van der Waals surface area contributed by atoms with Gasteiger partial charge in [-0.15, -0.1) is 15.8 Å². The Morgan fingerprint density at radius 3 is 0.595 bits per heavy atom. The predicted molar refractivity (Wildman–Crippen MR) is 587 cm³/mol. The summed E-state index contributed by atoms with van der Waals surface area (Å²) in [5.41, 5.74) is 7.17. The predicted octanol–water partition coefficient (Wildman–Crippen LogP) is 27.2. The molecule has 0 radical (unpaired) electrons. The molecule has 3 nitrogen and oxygen atoms in total. The molecule has 0 unspecified atom stereocenters. The van der Waals surface area contributed by atoms with Crippen molar-refractivity contribution in [1.82, 2.24) is 10.2 Å². The maximum Gasteiger partial charge on any atom is 0.102 e. The fraction of sp³-hybridized carbons (Fsp3) is 0.339. The summed E-state index contributed by atoms with van der Waals surface area (Å²) >= 11 is -0.691. The van der Waals surface area contributed by atoms with E-state index in [1.54, 1.807) is 0 Å². The van der Waals surface area contributed by atoms with E-state index in [-0.39, 0.29) is 62.0 Å². The first-order chi connectivity index (χ1) is 61.1. The van der Waals surface area contributed by atoms with Crippen molar-refractivity contribution in [3.63, 3.8) is 0 Å². The second-order valence-electron chi connectivity index (χ2n) is 33.1. The second-order valence-corrected chi connectivity index (χ2v) is 62.5. The van der Waals surface area contributed by atoms with E-state index in [0.717, 1.165) is 58.5 Å². The maximum absolute atomic E-state index is 4.94. The van der Waals surface area contributed by atoms with Crippen molar-refractivity contribution < 1.29 is 35.0 Å². The topological polar surface area (TPSA) is 24.5 Å². The van der Waals surface area contributed by atoms with Gasteiger partial charge < -0.3 is 10.1 Å². The van der Waals surface area contributed by atoms with Gasteiger partial charge >= 0.3 is 69.1 Å². The number of hydrogen-bond acceptors (Lipinski definition) is 3. The van der Waals surface area contributed by atoms with Crippen LogP contribution in [0.1, 0.15) is 124 Å². The van der Waals surface area contributed by atoms with Gasteiger partial charge in [-0.1, -0.05) is 383 Å². The van der Waals surface area contributed by atoms with Gasteiger partial charge in [0.05, 0.1) is 42.9 Å². The van der Waals surface area contributed by atoms with Gasteiger partial charge in [-0.3, -0.25) is 4.90 Å². The molecular formula is C109H147Cl4N2OP8Ru2+3. The van der Waals surface area contributed by atoms with E-state index >= 15 is 0 Å². The van der Waals surface area contributed by atoms with E-state index in [4.69, 9.17) is 43.5 Å². The molecule has 1 aliphatic rings. The van der Waals surface area contributed by atoms with Crippen molar-refractivity contribution in [2.75, 3.05) is 71.1 Å². The number of nitrogens with one attached hydrogen (secondary N) is 1. The number of rotatable bonds is 32. The van der Waals surface area contributed by atoms with Crippen molar-refractivity contribution in [2.45, 2.75) is 169 Å². The maximum atomic E-state index is 4.94. The smallest absolute Gasteiger partial charge is 0.0622 e. The normalized spacial score (nSPS) is 11.7. The zero-order valence-electron chi connectivity index (χ0n) is 78.1. The molecule has 0 aliphatic carbocycles. The Hall–Kier alpha value is -3.63. The Balaban J connectivity index is 0.000000261. The third-order valence-electron chi connectivity index (χ3n) is 21.4. The Labute approximate surface area is 807 Å². The van der Waals surface area contributed by atoms with Crippen molar-refractivity contribution >= 4 is 166 Å². The molecule has 1 aliphatic heterocycles. The van der Waals surface area contributed by atoms with Crippen LogP contribution in [0.2, 0.25) is 0 Å². The summed E-state index contributed by atoms with van der Waals surface area (Å²) in [6.45, 7) is 45.6. The number of ether oxygens (including phenoxy) is 1. The van der Waals surface area contributed by atoms with Crippen LogP contribution >= 0.6 is 102 Å². The molecule has 1 saturated heterocycles.